The van der Waals surface area contributed by atoms with Gasteiger partial charge in [0.15, 0.2) is 0 Å². The molecule has 0 aromatic carbocycles. The fourth-order valence-corrected chi connectivity index (χ4v) is 2.81. The van der Waals surface area contributed by atoms with Crippen molar-refractivity contribution in [1.82, 2.24) is 5.32 Å². The first-order valence-corrected chi connectivity index (χ1v) is 11.9. The Morgan fingerprint density at radius 3 is 1.75 bits per heavy atom. The second-order valence-corrected chi connectivity index (χ2v) is 8.12. The molecule has 0 spiro atoms. The van der Waals surface area contributed by atoms with Gasteiger partial charge in [-0.05, 0) is 40.5 Å². The highest BCUT2D eigenvalue weighted by Gasteiger charge is 2.34. The van der Waals surface area contributed by atoms with Crippen molar-refractivity contribution < 1.29 is 33.7 Å². The van der Waals surface area contributed by atoms with Crippen molar-refractivity contribution in [3.8, 4) is 0 Å². The van der Waals surface area contributed by atoms with Crippen LogP contribution in [-0.2, 0) is 28.6 Å². The van der Waals surface area contributed by atoms with E-state index in [1.807, 2.05) is 41.5 Å². The van der Waals surface area contributed by atoms with Crippen LogP contribution in [-0.4, -0.2) is 72.9 Å². The minimum atomic E-state index is -0.648. The van der Waals surface area contributed by atoms with Gasteiger partial charge in [0, 0.05) is 12.8 Å². The number of amides is 1. The van der Waals surface area contributed by atoms with Crippen LogP contribution in [0.5, 0.6) is 0 Å². The average Bonchev–Trinajstić information content (AvgIpc) is 2.69. The van der Waals surface area contributed by atoms with Crippen LogP contribution in [0.15, 0.2) is 0 Å². The summed E-state index contributed by atoms with van der Waals surface area (Å²) < 4.78 is 16.8. The molecule has 0 aliphatic heterocycles. The van der Waals surface area contributed by atoms with Crippen molar-refractivity contribution in [2.75, 3.05) is 26.4 Å². The SMILES string of the molecule is CC.CC.CC(=O)CCOCC(COCCC(C)=O)NC(=O)CC(C)(C)OC1CC(O)C1. The summed E-state index contributed by atoms with van der Waals surface area (Å²) in [6, 6.07) is -0.382. The van der Waals surface area contributed by atoms with Crippen molar-refractivity contribution in [3.63, 3.8) is 0 Å². The predicted octanol–water partition coefficient (Wildman–Crippen LogP) is 3.22. The van der Waals surface area contributed by atoms with Crippen molar-refractivity contribution in [3.05, 3.63) is 0 Å². The molecule has 1 aliphatic rings. The molecule has 8 nitrogen and oxygen atoms in total. The number of aliphatic hydroxyl groups is 1. The molecule has 0 heterocycles. The third kappa shape index (κ3) is 18.2. The maximum absolute atomic E-state index is 12.4. The molecule has 1 aliphatic carbocycles. The number of carbonyl (C=O) groups excluding carboxylic acids is 3. The highest BCUT2D eigenvalue weighted by Crippen LogP contribution is 2.29. The van der Waals surface area contributed by atoms with E-state index in [0.717, 1.165) is 0 Å². The number of ketones is 2. The van der Waals surface area contributed by atoms with E-state index in [1.165, 1.54) is 13.8 Å². The molecule has 1 rings (SSSR count). The molecule has 190 valence electrons. The quantitative estimate of drug-likeness (QED) is 0.360. The van der Waals surface area contributed by atoms with Crippen molar-refractivity contribution in [2.45, 2.75) is 111 Å². The molecule has 1 saturated carbocycles. The Balaban J connectivity index is 0. The summed E-state index contributed by atoms with van der Waals surface area (Å²) in [4.78, 5) is 34.4. The molecule has 0 unspecified atom stereocenters. The molecule has 0 aromatic rings. The smallest absolute Gasteiger partial charge is 0.223 e. The minimum absolute atomic E-state index is 0.0153. The third-order valence-corrected chi connectivity index (χ3v) is 4.34. The van der Waals surface area contributed by atoms with Gasteiger partial charge in [0.05, 0.1) is 56.7 Å². The van der Waals surface area contributed by atoms with Gasteiger partial charge in [0.2, 0.25) is 5.91 Å². The van der Waals surface area contributed by atoms with Gasteiger partial charge in [-0.3, -0.25) is 14.4 Å². The number of nitrogens with one attached hydrogen (secondary N) is 1. The topological polar surface area (TPSA) is 111 Å². The van der Waals surface area contributed by atoms with Gasteiger partial charge in [0.25, 0.3) is 0 Å². The van der Waals surface area contributed by atoms with Crippen LogP contribution in [0.4, 0.5) is 0 Å². The zero-order valence-electron chi connectivity index (χ0n) is 21.5. The van der Waals surface area contributed by atoms with E-state index in [9.17, 15) is 19.5 Å². The lowest BCUT2D eigenvalue weighted by Gasteiger charge is -2.38. The van der Waals surface area contributed by atoms with E-state index in [-0.39, 0.29) is 68.6 Å². The Morgan fingerprint density at radius 2 is 1.38 bits per heavy atom. The summed E-state index contributed by atoms with van der Waals surface area (Å²) in [6.07, 6.45) is 1.68. The monoisotopic (exact) mass is 461 g/mol. The molecular weight excluding hydrogens is 414 g/mol. The number of Topliss-reactive ketones (excluding diaryl/α,β-unsaturated/α-hetero) is 2. The Kier molecular flexibility index (Phi) is 19.6. The summed E-state index contributed by atoms with van der Waals surface area (Å²) in [6.45, 7) is 15.7. The van der Waals surface area contributed by atoms with Crippen molar-refractivity contribution >= 4 is 17.5 Å². The van der Waals surface area contributed by atoms with Crippen LogP contribution >= 0.6 is 0 Å². The molecule has 0 radical (unpaired) electrons. The van der Waals surface area contributed by atoms with Crippen LogP contribution in [0.2, 0.25) is 0 Å². The van der Waals surface area contributed by atoms with Gasteiger partial charge in [-0.15, -0.1) is 0 Å². The van der Waals surface area contributed by atoms with Crippen molar-refractivity contribution in [1.29, 1.82) is 0 Å². The lowest BCUT2D eigenvalue weighted by atomic mass is 9.91. The van der Waals surface area contributed by atoms with Gasteiger partial charge >= 0.3 is 0 Å². The zero-order valence-corrected chi connectivity index (χ0v) is 21.5. The largest absolute Gasteiger partial charge is 0.393 e. The van der Waals surface area contributed by atoms with Crippen LogP contribution < -0.4 is 5.32 Å². The molecule has 0 aromatic heterocycles. The van der Waals surface area contributed by atoms with E-state index >= 15 is 0 Å². The Hall–Kier alpha value is -1.35. The first kappa shape index (κ1) is 32.8. The maximum atomic E-state index is 12.4. The number of carbonyl (C=O) groups is 3. The zero-order chi connectivity index (χ0) is 25.2. The van der Waals surface area contributed by atoms with E-state index in [4.69, 9.17) is 14.2 Å². The summed E-state index contributed by atoms with van der Waals surface area (Å²) in [5.41, 5.74) is -0.648. The molecule has 8 heteroatoms. The summed E-state index contributed by atoms with van der Waals surface area (Å²) >= 11 is 0. The van der Waals surface area contributed by atoms with E-state index in [0.29, 0.717) is 25.7 Å². The molecular formula is C24H47NO7. The standard InChI is InChI=1S/C20H35NO7.2C2H6/c1-14(22)5-7-26-12-16(13-27-8-6-15(2)23)21-19(25)11-20(3,4)28-18-9-17(24)10-18;2*1-2/h16-18,24H,5-13H2,1-4H3,(H,21,25);2*1-2H3. The lowest BCUT2D eigenvalue weighted by molar-refractivity contribution is -0.152. The summed E-state index contributed by atoms with van der Waals surface area (Å²) in [5, 5.41) is 12.2. The van der Waals surface area contributed by atoms with Crippen LogP contribution in [0, 0.1) is 0 Å². The van der Waals surface area contributed by atoms with Crippen molar-refractivity contribution in [2.24, 2.45) is 0 Å². The fourth-order valence-electron chi connectivity index (χ4n) is 2.81. The van der Waals surface area contributed by atoms with Gasteiger partial charge in [-0.25, -0.2) is 0 Å². The van der Waals surface area contributed by atoms with E-state index < -0.39 is 5.60 Å². The number of hydrogen-bond acceptors (Lipinski definition) is 7. The maximum Gasteiger partial charge on any atom is 0.223 e. The van der Waals surface area contributed by atoms with Crippen LogP contribution in [0.3, 0.4) is 0 Å². The second-order valence-electron chi connectivity index (χ2n) is 8.12. The highest BCUT2D eigenvalue weighted by molar-refractivity contribution is 5.77. The second kappa shape index (κ2) is 19.1. The molecule has 1 amide bonds. The Morgan fingerprint density at radius 1 is 0.938 bits per heavy atom. The van der Waals surface area contributed by atoms with E-state index in [2.05, 4.69) is 5.32 Å². The molecule has 0 saturated heterocycles. The van der Waals surface area contributed by atoms with E-state index in [1.54, 1.807) is 0 Å². The van der Waals surface area contributed by atoms with Gasteiger partial charge in [-0.2, -0.15) is 0 Å². The average molecular weight is 462 g/mol. The lowest BCUT2D eigenvalue weighted by Crippen LogP contribution is -2.47. The molecule has 0 atom stereocenters. The number of aliphatic hydroxyl groups excluding tert-OH is 1. The number of ether oxygens (including phenoxy) is 3. The molecule has 2 N–H and O–H groups in total. The first-order valence-electron chi connectivity index (χ1n) is 11.9. The summed E-state index contributed by atoms with van der Waals surface area (Å²) in [7, 11) is 0. The van der Waals surface area contributed by atoms with Gasteiger partial charge < -0.3 is 24.6 Å². The molecule has 0 bridgehead atoms. The first-order chi connectivity index (χ1) is 15.1. The third-order valence-electron chi connectivity index (χ3n) is 4.34. The number of rotatable bonds is 15. The molecule has 32 heavy (non-hydrogen) atoms. The summed E-state index contributed by atoms with van der Waals surface area (Å²) in [5.74, 6) is -0.114. The van der Waals surface area contributed by atoms with Crippen LogP contribution in [0.1, 0.15) is 87.5 Å². The Bertz CT molecular complexity index is 494. The Labute approximate surface area is 194 Å². The van der Waals surface area contributed by atoms with Gasteiger partial charge in [-0.1, -0.05) is 27.7 Å². The predicted molar refractivity (Wildman–Crippen MR) is 126 cm³/mol. The minimum Gasteiger partial charge on any atom is -0.393 e. The molecule has 1 fully saturated rings. The normalized spacial score (nSPS) is 17.3. The fraction of sp³-hybridized carbons (Fsp3) is 0.875. The van der Waals surface area contributed by atoms with Gasteiger partial charge in [0.1, 0.15) is 11.6 Å². The number of hydrogen-bond donors (Lipinski definition) is 2. The highest BCUT2D eigenvalue weighted by atomic mass is 16.5. The van der Waals surface area contributed by atoms with Crippen LogP contribution in [0.25, 0.3) is 0 Å².